The Morgan fingerprint density at radius 3 is 2.30 bits per heavy atom. The fraction of sp³-hybridized carbons (Fsp3) is 0.261. The number of para-hydroxylation sites is 2. The molecule has 3 heterocycles. The number of fused-ring (bicyclic) bond motifs is 1. The molecule has 170 valence electrons. The topological polar surface area (TPSA) is 52.0 Å². The third-order valence-corrected chi connectivity index (χ3v) is 6.82. The zero-order chi connectivity index (χ0) is 23.2. The maximum Gasteiger partial charge on any atom is 0.436 e. The minimum Gasteiger partial charge on any atom is -0.371 e. The number of allylic oxidation sites excluding steroid dienone is 1. The number of anilines is 2. The first-order chi connectivity index (χ1) is 15.8. The Kier molecular flexibility index (Phi) is 5.32. The van der Waals surface area contributed by atoms with Gasteiger partial charge in [-0.1, -0.05) is 41.7 Å². The van der Waals surface area contributed by atoms with E-state index >= 15 is 0 Å². The molecule has 6 nitrogen and oxygen atoms in total. The second-order valence-corrected chi connectivity index (χ2v) is 8.81. The van der Waals surface area contributed by atoms with E-state index < -0.39 is 23.4 Å². The molecule has 3 aromatic rings. The number of nitrogens with zero attached hydrogens (tertiary/aromatic N) is 5. The quantitative estimate of drug-likeness (QED) is 0.522. The number of aromatic nitrogens is 1. The molecule has 0 aliphatic carbocycles. The van der Waals surface area contributed by atoms with E-state index in [1.165, 1.54) is 0 Å². The predicted molar refractivity (Wildman–Crippen MR) is 124 cm³/mol. The van der Waals surface area contributed by atoms with Crippen LogP contribution in [0.3, 0.4) is 0 Å². The Morgan fingerprint density at radius 1 is 0.970 bits per heavy atom. The van der Waals surface area contributed by atoms with E-state index in [4.69, 9.17) is 0 Å². The normalized spacial score (nSPS) is 18.8. The standard InChI is InChI=1S/C23H20F3N5OS/c1-15(29-11-13-30(14-12-29)16-7-3-2-4-8-16)19-20(23(24,25)26)28-31(21(19)32)22-27-17-9-5-6-10-18(17)33-22/h2-10H,11-14H2,1H3/b19-15-. The summed E-state index contributed by atoms with van der Waals surface area (Å²) in [6.07, 6.45) is -4.76. The second kappa shape index (κ2) is 8.18. The highest BCUT2D eigenvalue weighted by Gasteiger charge is 2.49. The molecule has 0 atom stereocenters. The highest BCUT2D eigenvalue weighted by Crippen LogP contribution is 2.37. The Hall–Kier alpha value is -3.40. The molecule has 2 aliphatic rings. The summed E-state index contributed by atoms with van der Waals surface area (Å²) in [5.41, 5.74) is 0.385. The molecule has 1 fully saturated rings. The fourth-order valence-electron chi connectivity index (χ4n) is 4.10. The van der Waals surface area contributed by atoms with Crippen molar-refractivity contribution >= 4 is 44.0 Å². The third-order valence-electron chi connectivity index (χ3n) is 5.81. The Morgan fingerprint density at radius 2 is 1.64 bits per heavy atom. The summed E-state index contributed by atoms with van der Waals surface area (Å²) in [5.74, 6) is -0.802. The van der Waals surface area contributed by atoms with Gasteiger partial charge in [-0.2, -0.15) is 23.3 Å². The summed E-state index contributed by atoms with van der Waals surface area (Å²) in [6, 6.07) is 17.0. The summed E-state index contributed by atoms with van der Waals surface area (Å²) in [6.45, 7) is 3.86. The van der Waals surface area contributed by atoms with Gasteiger partial charge < -0.3 is 9.80 Å². The predicted octanol–water partition coefficient (Wildman–Crippen LogP) is 4.66. The number of hydrogen-bond acceptors (Lipinski definition) is 6. The van der Waals surface area contributed by atoms with Crippen molar-refractivity contribution in [1.82, 2.24) is 9.88 Å². The van der Waals surface area contributed by atoms with Gasteiger partial charge in [0.1, 0.15) is 0 Å². The number of alkyl halides is 3. The van der Waals surface area contributed by atoms with Crippen molar-refractivity contribution in [2.75, 3.05) is 36.1 Å². The van der Waals surface area contributed by atoms with Gasteiger partial charge in [-0.15, -0.1) is 0 Å². The summed E-state index contributed by atoms with van der Waals surface area (Å²) < 4.78 is 42.5. The molecule has 33 heavy (non-hydrogen) atoms. The van der Waals surface area contributed by atoms with Crippen molar-refractivity contribution < 1.29 is 18.0 Å². The smallest absolute Gasteiger partial charge is 0.371 e. The molecule has 0 spiro atoms. The molecule has 0 N–H and O–H groups in total. The van der Waals surface area contributed by atoms with Crippen molar-refractivity contribution in [1.29, 1.82) is 0 Å². The van der Waals surface area contributed by atoms with Crippen LogP contribution in [0.25, 0.3) is 10.2 Å². The van der Waals surface area contributed by atoms with Gasteiger partial charge in [0, 0.05) is 37.6 Å². The van der Waals surface area contributed by atoms with E-state index in [1.807, 2.05) is 41.3 Å². The molecule has 2 aromatic carbocycles. The lowest BCUT2D eigenvalue weighted by Gasteiger charge is -2.38. The largest absolute Gasteiger partial charge is 0.436 e. The second-order valence-electron chi connectivity index (χ2n) is 7.80. The van der Waals surface area contributed by atoms with Crippen LogP contribution in [0.1, 0.15) is 6.92 Å². The average Bonchev–Trinajstić information content (AvgIpc) is 3.40. The zero-order valence-corrected chi connectivity index (χ0v) is 18.5. The Balaban J connectivity index is 1.44. The number of halogens is 3. The summed E-state index contributed by atoms with van der Waals surface area (Å²) in [5, 5.41) is 4.60. The number of amides is 1. The van der Waals surface area contributed by atoms with E-state index in [0.717, 1.165) is 26.7 Å². The minimum atomic E-state index is -4.76. The molecule has 0 radical (unpaired) electrons. The van der Waals surface area contributed by atoms with Crippen LogP contribution in [0, 0.1) is 0 Å². The van der Waals surface area contributed by atoms with E-state index in [2.05, 4.69) is 15.0 Å². The highest BCUT2D eigenvalue weighted by molar-refractivity contribution is 7.22. The fourth-order valence-corrected chi connectivity index (χ4v) is 5.02. The minimum absolute atomic E-state index is 0.125. The molecule has 0 unspecified atom stereocenters. The Labute approximate surface area is 192 Å². The molecule has 2 aliphatic heterocycles. The van der Waals surface area contributed by atoms with E-state index in [-0.39, 0.29) is 10.8 Å². The summed E-state index contributed by atoms with van der Waals surface area (Å²) in [4.78, 5) is 21.5. The number of rotatable bonds is 3. The monoisotopic (exact) mass is 471 g/mol. The van der Waals surface area contributed by atoms with Gasteiger partial charge in [0.2, 0.25) is 5.13 Å². The number of carbonyl (C=O) groups excluding carboxylic acids is 1. The van der Waals surface area contributed by atoms with Crippen LogP contribution in [0.4, 0.5) is 24.0 Å². The van der Waals surface area contributed by atoms with Gasteiger partial charge in [0.05, 0.1) is 15.8 Å². The van der Waals surface area contributed by atoms with Crippen LogP contribution < -0.4 is 9.91 Å². The van der Waals surface area contributed by atoms with E-state index in [1.54, 1.807) is 25.1 Å². The first kappa shape index (κ1) is 21.4. The molecule has 10 heteroatoms. The molecule has 1 amide bonds. The number of piperazine rings is 1. The van der Waals surface area contributed by atoms with Crippen molar-refractivity contribution in [2.24, 2.45) is 5.10 Å². The van der Waals surface area contributed by atoms with Crippen LogP contribution >= 0.6 is 11.3 Å². The van der Waals surface area contributed by atoms with Crippen LogP contribution in [0.15, 0.2) is 71.0 Å². The third kappa shape index (κ3) is 3.95. The van der Waals surface area contributed by atoms with Gasteiger partial charge in [0.15, 0.2) is 5.71 Å². The van der Waals surface area contributed by atoms with E-state index in [9.17, 15) is 18.0 Å². The van der Waals surface area contributed by atoms with Crippen LogP contribution in [0.5, 0.6) is 0 Å². The number of hydrazone groups is 1. The van der Waals surface area contributed by atoms with Crippen molar-refractivity contribution in [3.05, 3.63) is 65.9 Å². The van der Waals surface area contributed by atoms with Crippen molar-refractivity contribution in [3.63, 3.8) is 0 Å². The number of benzene rings is 2. The van der Waals surface area contributed by atoms with Gasteiger partial charge >= 0.3 is 6.18 Å². The molecule has 0 bridgehead atoms. The number of hydrogen-bond donors (Lipinski definition) is 0. The molecule has 1 saturated heterocycles. The van der Waals surface area contributed by atoms with Gasteiger partial charge in [0.25, 0.3) is 5.91 Å². The maximum absolute atomic E-state index is 13.9. The lowest BCUT2D eigenvalue weighted by molar-refractivity contribution is -0.114. The molecular formula is C23H20F3N5OS. The van der Waals surface area contributed by atoms with Crippen LogP contribution in [-0.4, -0.2) is 53.9 Å². The van der Waals surface area contributed by atoms with Gasteiger partial charge in [-0.05, 0) is 31.2 Å². The highest BCUT2D eigenvalue weighted by atomic mass is 32.1. The molecule has 1 aromatic heterocycles. The Bertz CT molecular complexity index is 1230. The van der Waals surface area contributed by atoms with Gasteiger partial charge in [-0.3, -0.25) is 4.79 Å². The zero-order valence-electron chi connectivity index (χ0n) is 17.7. The van der Waals surface area contributed by atoms with Gasteiger partial charge in [-0.25, -0.2) is 4.98 Å². The average molecular weight is 472 g/mol. The van der Waals surface area contributed by atoms with Crippen LogP contribution in [-0.2, 0) is 4.79 Å². The van der Waals surface area contributed by atoms with Crippen molar-refractivity contribution in [3.8, 4) is 0 Å². The molecule has 5 rings (SSSR count). The molecular weight excluding hydrogens is 451 g/mol. The number of thiazole rings is 1. The van der Waals surface area contributed by atoms with E-state index in [0.29, 0.717) is 31.7 Å². The SMILES string of the molecule is C/C(=C1/C(=O)N(c2nc3ccccc3s2)N=C1C(F)(F)F)N1CCN(c2ccccc2)CC1. The first-order valence-electron chi connectivity index (χ1n) is 10.4. The number of carbonyl (C=O) groups is 1. The summed E-state index contributed by atoms with van der Waals surface area (Å²) >= 11 is 1.13. The lowest BCUT2D eigenvalue weighted by atomic mass is 10.1. The first-order valence-corrected chi connectivity index (χ1v) is 11.3. The maximum atomic E-state index is 13.9. The lowest BCUT2D eigenvalue weighted by Crippen LogP contribution is -2.46. The van der Waals surface area contributed by atoms with Crippen LogP contribution in [0.2, 0.25) is 0 Å². The van der Waals surface area contributed by atoms with Crippen molar-refractivity contribution in [2.45, 2.75) is 13.1 Å². The molecule has 0 saturated carbocycles. The summed E-state index contributed by atoms with van der Waals surface area (Å²) in [7, 11) is 0.